The Kier molecular flexibility index (Phi) is 6.74. The third kappa shape index (κ3) is 5.11. The SMILES string of the molecule is CCOc1ccccc1OCC(=O)NNC(=O)C1CCN(c2nc3ccccc3o2)CC1. The van der Waals surface area contributed by atoms with Gasteiger partial charge in [-0.2, -0.15) is 4.98 Å². The van der Waals surface area contributed by atoms with Crippen LogP contribution in [0.15, 0.2) is 52.9 Å². The molecule has 1 aromatic heterocycles. The fraction of sp³-hybridized carbons (Fsp3) is 0.348. The molecule has 9 nitrogen and oxygen atoms in total. The van der Waals surface area contributed by atoms with Gasteiger partial charge in [-0.1, -0.05) is 24.3 Å². The molecule has 0 bridgehead atoms. The standard InChI is InChI=1S/C23H26N4O5/c1-2-30-19-9-5-6-10-20(19)31-15-21(28)25-26-22(29)16-11-13-27(14-12-16)23-24-17-7-3-4-8-18(17)32-23/h3-10,16H,2,11-15H2,1H3,(H,25,28)(H,26,29). The lowest BCUT2D eigenvalue weighted by Crippen LogP contribution is -2.48. The number of oxazole rings is 1. The molecule has 2 amide bonds. The molecule has 3 aromatic rings. The van der Waals surface area contributed by atoms with Gasteiger partial charge in [0.1, 0.15) is 5.52 Å². The second kappa shape index (κ2) is 10.0. The van der Waals surface area contributed by atoms with Crippen molar-refractivity contribution in [3.8, 4) is 11.5 Å². The molecule has 4 rings (SSSR count). The van der Waals surface area contributed by atoms with Gasteiger partial charge in [0.2, 0.25) is 5.91 Å². The van der Waals surface area contributed by atoms with Crippen molar-refractivity contribution in [2.45, 2.75) is 19.8 Å². The predicted molar refractivity (Wildman–Crippen MR) is 118 cm³/mol. The monoisotopic (exact) mass is 438 g/mol. The van der Waals surface area contributed by atoms with Crippen LogP contribution in [0.25, 0.3) is 11.1 Å². The molecule has 32 heavy (non-hydrogen) atoms. The van der Waals surface area contributed by atoms with Crippen molar-refractivity contribution in [1.82, 2.24) is 15.8 Å². The molecule has 0 aliphatic carbocycles. The molecular formula is C23H26N4O5. The summed E-state index contributed by atoms with van der Waals surface area (Å²) >= 11 is 0. The highest BCUT2D eigenvalue weighted by Gasteiger charge is 2.27. The summed E-state index contributed by atoms with van der Waals surface area (Å²) in [6, 6.07) is 15.3. The van der Waals surface area contributed by atoms with E-state index in [2.05, 4.69) is 15.8 Å². The molecule has 9 heteroatoms. The highest BCUT2D eigenvalue weighted by molar-refractivity contribution is 5.84. The maximum atomic E-state index is 12.5. The lowest BCUT2D eigenvalue weighted by Gasteiger charge is -2.30. The van der Waals surface area contributed by atoms with Crippen LogP contribution in [0.4, 0.5) is 6.01 Å². The van der Waals surface area contributed by atoms with Crippen molar-refractivity contribution >= 4 is 28.9 Å². The minimum absolute atomic E-state index is 0.199. The van der Waals surface area contributed by atoms with E-state index in [0.717, 1.165) is 11.1 Å². The van der Waals surface area contributed by atoms with Crippen molar-refractivity contribution in [1.29, 1.82) is 0 Å². The molecule has 168 valence electrons. The maximum Gasteiger partial charge on any atom is 0.298 e. The summed E-state index contributed by atoms with van der Waals surface area (Å²) in [6.07, 6.45) is 1.28. The second-order valence-corrected chi connectivity index (χ2v) is 7.43. The van der Waals surface area contributed by atoms with E-state index in [1.807, 2.05) is 42.2 Å². The number of fused-ring (bicyclic) bond motifs is 1. The van der Waals surface area contributed by atoms with Gasteiger partial charge in [-0.25, -0.2) is 0 Å². The Morgan fingerprint density at radius 3 is 2.44 bits per heavy atom. The van der Waals surface area contributed by atoms with Crippen molar-refractivity contribution in [3.63, 3.8) is 0 Å². The molecule has 0 atom stereocenters. The van der Waals surface area contributed by atoms with Gasteiger partial charge < -0.3 is 18.8 Å². The first-order chi connectivity index (χ1) is 15.6. The number of rotatable bonds is 7. The zero-order valence-corrected chi connectivity index (χ0v) is 17.9. The number of anilines is 1. The lowest BCUT2D eigenvalue weighted by molar-refractivity contribution is -0.132. The third-order valence-electron chi connectivity index (χ3n) is 5.25. The summed E-state index contributed by atoms with van der Waals surface area (Å²) in [5.41, 5.74) is 6.47. The predicted octanol–water partition coefficient (Wildman–Crippen LogP) is 2.67. The fourth-order valence-electron chi connectivity index (χ4n) is 3.59. The first-order valence-electron chi connectivity index (χ1n) is 10.7. The molecule has 0 unspecified atom stereocenters. The van der Waals surface area contributed by atoms with Gasteiger partial charge in [-0.05, 0) is 44.0 Å². The van der Waals surface area contributed by atoms with Crippen molar-refractivity contribution in [2.24, 2.45) is 5.92 Å². The van der Waals surface area contributed by atoms with Crippen molar-refractivity contribution in [2.75, 3.05) is 31.2 Å². The van der Waals surface area contributed by atoms with Crippen LogP contribution in [0, 0.1) is 5.92 Å². The Bertz CT molecular complexity index is 1040. The average molecular weight is 438 g/mol. The van der Waals surface area contributed by atoms with E-state index in [-0.39, 0.29) is 18.4 Å². The van der Waals surface area contributed by atoms with Crippen LogP contribution in [0.1, 0.15) is 19.8 Å². The van der Waals surface area contributed by atoms with E-state index in [9.17, 15) is 9.59 Å². The van der Waals surface area contributed by atoms with E-state index in [4.69, 9.17) is 13.9 Å². The summed E-state index contributed by atoms with van der Waals surface area (Å²) in [5.74, 6) is 0.175. The first kappa shape index (κ1) is 21.5. The van der Waals surface area contributed by atoms with Gasteiger partial charge in [0.25, 0.3) is 11.9 Å². The number of aromatic nitrogens is 1. The van der Waals surface area contributed by atoms with E-state index in [0.29, 0.717) is 50.1 Å². The van der Waals surface area contributed by atoms with Crippen LogP contribution in [-0.2, 0) is 9.59 Å². The quantitative estimate of drug-likeness (QED) is 0.546. The topological polar surface area (TPSA) is 106 Å². The molecule has 1 saturated heterocycles. The van der Waals surface area contributed by atoms with Crippen LogP contribution < -0.4 is 25.2 Å². The van der Waals surface area contributed by atoms with Crippen molar-refractivity contribution < 1.29 is 23.5 Å². The molecule has 0 spiro atoms. The number of carbonyl (C=O) groups excluding carboxylic acids is 2. The van der Waals surface area contributed by atoms with Gasteiger partial charge in [0.15, 0.2) is 23.7 Å². The van der Waals surface area contributed by atoms with Gasteiger partial charge in [0.05, 0.1) is 6.61 Å². The molecule has 1 aliphatic rings. The number of ether oxygens (including phenoxy) is 2. The molecule has 0 saturated carbocycles. The first-order valence-corrected chi connectivity index (χ1v) is 10.7. The molecule has 2 heterocycles. The Labute approximate surface area is 185 Å². The lowest BCUT2D eigenvalue weighted by atomic mass is 9.96. The number of benzene rings is 2. The average Bonchev–Trinajstić information content (AvgIpc) is 3.27. The number of hydrogen-bond donors (Lipinski definition) is 2. The molecule has 1 aliphatic heterocycles. The second-order valence-electron chi connectivity index (χ2n) is 7.43. The van der Waals surface area contributed by atoms with Crippen LogP contribution in [0.3, 0.4) is 0 Å². The largest absolute Gasteiger partial charge is 0.490 e. The number of hydrogen-bond acceptors (Lipinski definition) is 7. The maximum absolute atomic E-state index is 12.5. The van der Waals surface area contributed by atoms with E-state index < -0.39 is 5.91 Å². The molecule has 1 fully saturated rings. The summed E-state index contributed by atoms with van der Waals surface area (Å²) in [5, 5.41) is 0. The minimum atomic E-state index is -0.450. The minimum Gasteiger partial charge on any atom is -0.490 e. The zero-order valence-electron chi connectivity index (χ0n) is 17.9. The van der Waals surface area contributed by atoms with E-state index in [1.54, 1.807) is 18.2 Å². The van der Waals surface area contributed by atoms with E-state index in [1.165, 1.54) is 0 Å². The number of carbonyl (C=O) groups is 2. The number of hydrazine groups is 1. The Balaban J connectivity index is 1.21. The Morgan fingerprint density at radius 2 is 1.72 bits per heavy atom. The highest BCUT2D eigenvalue weighted by Crippen LogP contribution is 2.27. The molecule has 2 aromatic carbocycles. The van der Waals surface area contributed by atoms with E-state index >= 15 is 0 Å². The Morgan fingerprint density at radius 1 is 1.03 bits per heavy atom. The van der Waals surface area contributed by atoms with Crippen LogP contribution >= 0.6 is 0 Å². The van der Waals surface area contributed by atoms with Gasteiger partial charge in [0, 0.05) is 19.0 Å². The number of piperidine rings is 1. The summed E-state index contributed by atoms with van der Waals surface area (Å²) < 4.78 is 16.8. The molecule has 0 radical (unpaired) electrons. The van der Waals surface area contributed by atoms with Gasteiger partial charge >= 0.3 is 0 Å². The summed E-state index contributed by atoms with van der Waals surface area (Å²) in [6.45, 7) is 3.43. The third-order valence-corrected chi connectivity index (χ3v) is 5.25. The van der Waals surface area contributed by atoms with Crippen molar-refractivity contribution in [3.05, 3.63) is 48.5 Å². The molecular weight excluding hydrogens is 412 g/mol. The highest BCUT2D eigenvalue weighted by atomic mass is 16.5. The number of amides is 2. The number of para-hydroxylation sites is 4. The Hall–Kier alpha value is -3.75. The van der Waals surface area contributed by atoms with Crippen LogP contribution in [0.5, 0.6) is 11.5 Å². The van der Waals surface area contributed by atoms with Gasteiger partial charge in [-0.3, -0.25) is 20.4 Å². The summed E-state index contributed by atoms with van der Waals surface area (Å²) in [7, 11) is 0. The normalized spacial score (nSPS) is 14.2. The molecule has 2 N–H and O–H groups in total. The number of nitrogens with zero attached hydrogens (tertiary/aromatic N) is 2. The number of nitrogens with one attached hydrogen (secondary N) is 2. The summed E-state index contributed by atoms with van der Waals surface area (Å²) in [4.78, 5) is 31.1. The smallest absolute Gasteiger partial charge is 0.298 e. The fourth-order valence-corrected chi connectivity index (χ4v) is 3.59. The zero-order chi connectivity index (χ0) is 22.3. The van der Waals surface area contributed by atoms with Crippen LogP contribution in [0.2, 0.25) is 0 Å². The van der Waals surface area contributed by atoms with Gasteiger partial charge in [-0.15, -0.1) is 0 Å². The van der Waals surface area contributed by atoms with Crippen LogP contribution in [-0.4, -0.2) is 43.1 Å².